The van der Waals surface area contributed by atoms with E-state index < -0.39 is 5.60 Å². The van der Waals surface area contributed by atoms with Crippen LogP contribution in [0.4, 0.5) is 11.8 Å². The number of ether oxygens (including phenoxy) is 1. The second-order valence-electron chi connectivity index (χ2n) is 9.19. The van der Waals surface area contributed by atoms with Crippen LogP contribution in [0.15, 0.2) is 42.5 Å². The van der Waals surface area contributed by atoms with Gasteiger partial charge in [0, 0.05) is 11.4 Å². The Bertz CT molecular complexity index is 1100. The standard InChI is InChI=1S/C25H30N4O2/c1-25(2,3)31-23(30)19-12-8-7-11-18(19)16-13-14-21-20(15-16)22(29-24(26)28-21)27-17-9-5-4-6-10-17/h7-8,11-15,17H,4-6,9-10H2,1-3H3,(H3,26,27,28,29). The number of nitrogens with one attached hydrogen (secondary N) is 1. The number of aromatic nitrogens is 2. The van der Waals surface area contributed by atoms with Crippen molar-refractivity contribution in [2.45, 2.75) is 64.5 Å². The lowest BCUT2D eigenvalue weighted by Crippen LogP contribution is -2.24. The summed E-state index contributed by atoms with van der Waals surface area (Å²) in [5.74, 6) is 0.677. The predicted molar refractivity (Wildman–Crippen MR) is 125 cm³/mol. The Balaban J connectivity index is 1.75. The van der Waals surface area contributed by atoms with Crippen LogP contribution in [0.25, 0.3) is 22.0 Å². The van der Waals surface area contributed by atoms with E-state index in [1.807, 2.05) is 57.2 Å². The molecule has 0 amide bonds. The van der Waals surface area contributed by atoms with Crippen molar-refractivity contribution in [2.75, 3.05) is 11.1 Å². The summed E-state index contributed by atoms with van der Waals surface area (Å²) in [5.41, 5.74) is 8.47. The Morgan fingerprint density at radius 2 is 1.81 bits per heavy atom. The molecular weight excluding hydrogens is 388 g/mol. The number of hydrogen-bond donors (Lipinski definition) is 2. The van der Waals surface area contributed by atoms with Gasteiger partial charge in [-0.25, -0.2) is 9.78 Å². The summed E-state index contributed by atoms with van der Waals surface area (Å²) in [6, 6.07) is 13.8. The third kappa shape index (κ3) is 4.95. The number of nitrogens with two attached hydrogens (primary N) is 1. The Morgan fingerprint density at radius 1 is 1.06 bits per heavy atom. The van der Waals surface area contributed by atoms with Crippen molar-refractivity contribution in [3.8, 4) is 11.1 Å². The number of carbonyl (C=O) groups excluding carboxylic acids is 1. The fraction of sp³-hybridized carbons (Fsp3) is 0.400. The Morgan fingerprint density at radius 3 is 2.55 bits per heavy atom. The highest BCUT2D eigenvalue weighted by atomic mass is 16.6. The molecule has 0 radical (unpaired) electrons. The molecule has 0 unspecified atom stereocenters. The van der Waals surface area contributed by atoms with Gasteiger partial charge in [-0.1, -0.05) is 43.5 Å². The molecule has 1 aromatic heterocycles. The molecule has 3 N–H and O–H groups in total. The first-order chi connectivity index (χ1) is 14.8. The number of anilines is 2. The molecule has 1 fully saturated rings. The van der Waals surface area contributed by atoms with E-state index in [0.717, 1.165) is 40.7 Å². The third-order valence-corrected chi connectivity index (χ3v) is 5.52. The average Bonchev–Trinajstić information content (AvgIpc) is 2.73. The smallest absolute Gasteiger partial charge is 0.339 e. The molecule has 1 saturated carbocycles. The molecule has 1 aliphatic carbocycles. The van der Waals surface area contributed by atoms with Crippen molar-refractivity contribution in [2.24, 2.45) is 0 Å². The van der Waals surface area contributed by atoms with E-state index in [-0.39, 0.29) is 11.9 Å². The lowest BCUT2D eigenvalue weighted by molar-refractivity contribution is 0.00704. The summed E-state index contributed by atoms with van der Waals surface area (Å²) in [7, 11) is 0. The SMILES string of the molecule is CC(C)(C)OC(=O)c1ccccc1-c1ccc2nc(N)nc(NC3CCCCC3)c2c1. The molecule has 3 aromatic rings. The van der Waals surface area contributed by atoms with Crippen LogP contribution in [0.5, 0.6) is 0 Å². The van der Waals surface area contributed by atoms with Crippen LogP contribution in [-0.4, -0.2) is 27.6 Å². The molecule has 1 aliphatic rings. The second kappa shape index (κ2) is 8.53. The maximum Gasteiger partial charge on any atom is 0.339 e. The van der Waals surface area contributed by atoms with Gasteiger partial charge >= 0.3 is 5.97 Å². The predicted octanol–water partition coefficient (Wildman–Crippen LogP) is 5.58. The van der Waals surface area contributed by atoms with Gasteiger partial charge in [0.1, 0.15) is 11.4 Å². The number of nitrogen functional groups attached to an aromatic ring is 1. The quantitative estimate of drug-likeness (QED) is 0.538. The molecule has 0 atom stereocenters. The largest absolute Gasteiger partial charge is 0.456 e. The number of benzene rings is 2. The molecule has 162 valence electrons. The molecule has 2 aromatic carbocycles. The fourth-order valence-corrected chi connectivity index (χ4v) is 4.11. The van der Waals surface area contributed by atoms with Gasteiger partial charge in [-0.15, -0.1) is 0 Å². The number of carbonyl (C=O) groups is 1. The molecule has 4 rings (SSSR count). The fourth-order valence-electron chi connectivity index (χ4n) is 4.11. The molecular formula is C25H30N4O2. The van der Waals surface area contributed by atoms with E-state index in [1.165, 1.54) is 19.3 Å². The summed E-state index contributed by atoms with van der Waals surface area (Å²) in [6.45, 7) is 5.61. The first kappa shape index (κ1) is 21.1. The monoisotopic (exact) mass is 418 g/mol. The lowest BCUT2D eigenvalue weighted by Gasteiger charge is -2.24. The topological polar surface area (TPSA) is 90.1 Å². The molecule has 0 bridgehead atoms. The van der Waals surface area contributed by atoms with Gasteiger partial charge in [0.25, 0.3) is 0 Å². The summed E-state index contributed by atoms with van der Waals surface area (Å²) >= 11 is 0. The van der Waals surface area contributed by atoms with Crippen molar-refractivity contribution in [1.29, 1.82) is 0 Å². The van der Waals surface area contributed by atoms with Crippen LogP contribution in [0.1, 0.15) is 63.2 Å². The minimum atomic E-state index is -0.559. The minimum Gasteiger partial charge on any atom is -0.456 e. The van der Waals surface area contributed by atoms with Crippen LogP contribution in [0, 0.1) is 0 Å². The van der Waals surface area contributed by atoms with Gasteiger partial charge in [-0.2, -0.15) is 4.98 Å². The molecule has 1 heterocycles. The van der Waals surface area contributed by atoms with Crippen molar-refractivity contribution in [3.05, 3.63) is 48.0 Å². The summed E-state index contributed by atoms with van der Waals surface area (Å²) in [5, 5.41) is 4.49. The highest BCUT2D eigenvalue weighted by molar-refractivity contribution is 6.00. The average molecular weight is 419 g/mol. The molecule has 6 nitrogen and oxygen atoms in total. The molecule has 6 heteroatoms. The van der Waals surface area contributed by atoms with Crippen molar-refractivity contribution in [3.63, 3.8) is 0 Å². The van der Waals surface area contributed by atoms with Crippen molar-refractivity contribution in [1.82, 2.24) is 9.97 Å². The number of hydrogen-bond acceptors (Lipinski definition) is 6. The normalized spacial score (nSPS) is 15.1. The van der Waals surface area contributed by atoms with E-state index in [2.05, 4.69) is 15.3 Å². The third-order valence-electron chi connectivity index (χ3n) is 5.52. The summed E-state index contributed by atoms with van der Waals surface area (Å²) < 4.78 is 5.62. The summed E-state index contributed by atoms with van der Waals surface area (Å²) in [4.78, 5) is 21.7. The van der Waals surface area contributed by atoms with E-state index >= 15 is 0 Å². The van der Waals surface area contributed by atoms with Gasteiger partial charge in [0.2, 0.25) is 5.95 Å². The Kier molecular flexibility index (Phi) is 5.81. The van der Waals surface area contributed by atoms with Gasteiger partial charge < -0.3 is 15.8 Å². The Hall–Kier alpha value is -3.15. The molecule has 31 heavy (non-hydrogen) atoms. The van der Waals surface area contributed by atoms with Crippen LogP contribution in [0.2, 0.25) is 0 Å². The van der Waals surface area contributed by atoms with E-state index in [0.29, 0.717) is 11.6 Å². The van der Waals surface area contributed by atoms with Gasteiger partial charge in [0.05, 0.1) is 11.1 Å². The zero-order valence-corrected chi connectivity index (χ0v) is 18.4. The number of fused-ring (bicyclic) bond motifs is 1. The molecule has 0 saturated heterocycles. The highest BCUT2D eigenvalue weighted by Crippen LogP contribution is 2.32. The van der Waals surface area contributed by atoms with E-state index in [4.69, 9.17) is 10.5 Å². The zero-order valence-electron chi connectivity index (χ0n) is 18.4. The minimum absolute atomic E-state index is 0.257. The second-order valence-corrected chi connectivity index (χ2v) is 9.19. The van der Waals surface area contributed by atoms with Crippen molar-refractivity contribution >= 4 is 28.6 Å². The lowest BCUT2D eigenvalue weighted by atomic mass is 9.95. The Labute approximate surface area is 183 Å². The van der Waals surface area contributed by atoms with Crippen LogP contribution in [-0.2, 0) is 4.74 Å². The van der Waals surface area contributed by atoms with E-state index in [9.17, 15) is 4.79 Å². The summed E-state index contributed by atoms with van der Waals surface area (Å²) in [6.07, 6.45) is 6.00. The number of esters is 1. The van der Waals surface area contributed by atoms with Gasteiger partial charge in [-0.3, -0.25) is 0 Å². The first-order valence-electron chi connectivity index (χ1n) is 11.0. The molecule has 0 aliphatic heterocycles. The maximum absolute atomic E-state index is 12.8. The molecule has 0 spiro atoms. The number of nitrogens with zero attached hydrogens (tertiary/aromatic N) is 2. The van der Waals surface area contributed by atoms with Gasteiger partial charge in [0.15, 0.2) is 0 Å². The van der Waals surface area contributed by atoms with E-state index in [1.54, 1.807) is 6.07 Å². The zero-order chi connectivity index (χ0) is 22.0. The van der Waals surface area contributed by atoms with Crippen LogP contribution < -0.4 is 11.1 Å². The first-order valence-corrected chi connectivity index (χ1v) is 11.0. The maximum atomic E-state index is 12.8. The van der Waals surface area contributed by atoms with Crippen molar-refractivity contribution < 1.29 is 9.53 Å². The highest BCUT2D eigenvalue weighted by Gasteiger charge is 2.21. The van der Waals surface area contributed by atoms with Gasteiger partial charge in [-0.05, 0) is 62.9 Å². The van der Waals surface area contributed by atoms with Crippen LogP contribution >= 0.6 is 0 Å². The van der Waals surface area contributed by atoms with Crippen LogP contribution in [0.3, 0.4) is 0 Å². The number of rotatable bonds is 4.